The van der Waals surface area contributed by atoms with Crippen molar-refractivity contribution in [2.75, 3.05) is 30.1 Å². The van der Waals surface area contributed by atoms with E-state index in [4.69, 9.17) is 9.94 Å². The molecule has 0 aromatic carbocycles. The van der Waals surface area contributed by atoms with Gasteiger partial charge in [-0.25, -0.2) is 5.06 Å². The van der Waals surface area contributed by atoms with Crippen LogP contribution in [-0.2, 0) is 9.53 Å². The van der Waals surface area contributed by atoms with E-state index < -0.39 is 0 Å². The maximum atomic E-state index is 11.3. The normalized spacial score (nSPS) is 26.4. The lowest BCUT2D eigenvalue weighted by atomic mass is 9.76. The van der Waals surface area contributed by atoms with E-state index in [-0.39, 0.29) is 5.91 Å². The summed E-state index contributed by atoms with van der Waals surface area (Å²) in [6, 6.07) is 0. The number of allylic oxidation sites excluding steroid dienone is 1. The Bertz CT molecular complexity index is 473. The smallest absolute Gasteiger partial charge is 0.245 e. The SMILES string of the molecule is CCCC=CCSCCC1C2CCC(O2)C1CCSCCCCC(=O)N(C)O. The Morgan fingerprint density at radius 2 is 1.75 bits per heavy atom. The van der Waals surface area contributed by atoms with Gasteiger partial charge in [-0.3, -0.25) is 10.0 Å². The standard InChI is InChI=1S/C22H39NO3S2/c1-3-4-5-7-14-27-16-12-18-19(21-11-10-20(18)26-21)13-17-28-15-8-6-9-22(24)23(2)25/h5,7,18-21,25H,3-4,6,8-17H2,1-2H3. The van der Waals surface area contributed by atoms with Crippen LogP contribution in [0, 0.1) is 11.8 Å². The lowest BCUT2D eigenvalue weighted by molar-refractivity contribution is -0.159. The maximum Gasteiger partial charge on any atom is 0.245 e. The van der Waals surface area contributed by atoms with Crippen LogP contribution in [0.2, 0.25) is 0 Å². The van der Waals surface area contributed by atoms with Crippen LogP contribution in [0.25, 0.3) is 0 Å². The van der Waals surface area contributed by atoms with Gasteiger partial charge in [0.25, 0.3) is 0 Å². The summed E-state index contributed by atoms with van der Waals surface area (Å²) in [5.41, 5.74) is 0. The van der Waals surface area contributed by atoms with E-state index in [2.05, 4.69) is 30.8 Å². The van der Waals surface area contributed by atoms with Crippen LogP contribution < -0.4 is 0 Å². The average molecular weight is 430 g/mol. The third-order valence-electron chi connectivity index (χ3n) is 5.91. The second-order valence-electron chi connectivity index (χ2n) is 8.02. The monoisotopic (exact) mass is 429 g/mol. The van der Waals surface area contributed by atoms with Gasteiger partial charge in [0.2, 0.25) is 5.91 Å². The second-order valence-corrected chi connectivity index (χ2v) is 10.4. The number of carbonyl (C=O) groups is 1. The van der Waals surface area contributed by atoms with Crippen LogP contribution in [0.1, 0.15) is 64.7 Å². The molecule has 1 N–H and O–H groups in total. The van der Waals surface area contributed by atoms with E-state index in [9.17, 15) is 4.79 Å². The van der Waals surface area contributed by atoms with E-state index in [0.29, 0.717) is 23.7 Å². The van der Waals surface area contributed by atoms with Gasteiger partial charge >= 0.3 is 0 Å². The molecule has 2 rings (SSSR count). The molecule has 0 aliphatic carbocycles. The molecule has 0 aromatic rings. The first-order chi connectivity index (χ1) is 13.6. The molecule has 0 spiro atoms. The lowest BCUT2D eigenvalue weighted by Gasteiger charge is -2.28. The predicted octanol–water partition coefficient (Wildman–Crippen LogP) is 5.40. The first-order valence-corrected chi connectivity index (χ1v) is 13.4. The van der Waals surface area contributed by atoms with E-state index >= 15 is 0 Å². The number of carbonyl (C=O) groups excluding carboxylic acids is 1. The molecule has 28 heavy (non-hydrogen) atoms. The highest BCUT2D eigenvalue weighted by Crippen LogP contribution is 2.47. The average Bonchev–Trinajstić information content (AvgIpc) is 3.28. The first kappa shape index (κ1) is 24.1. The van der Waals surface area contributed by atoms with Crippen molar-refractivity contribution in [1.29, 1.82) is 0 Å². The summed E-state index contributed by atoms with van der Waals surface area (Å²) in [6.45, 7) is 2.22. The number of amides is 1. The van der Waals surface area contributed by atoms with Crippen molar-refractivity contribution in [3.63, 3.8) is 0 Å². The summed E-state index contributed by atoms with van der Waals surface area (Å²) >= 11 is 4.08. The van der Waals surface area contributed by atoms with Gasteiger partial charge in [-0.1, -0.05) is 25.5 Å². The molecule has 6 heteroatoms. The molecule has 2 fully saturated rings. The van der Waals surface area contributed by atoms with Crippen LogP contribution in [-0.4, -0.2) is 58.4 Å². The number of rotatable bonds is 15. The Kier molecular flexibility index (Phi) is 12.0. The molecule has 2 bridgehead atoms. The zero-order valence-electron chi connectivity index (χ0n) is 17.7. The van der Waals surface area contributed by atoms with E-state index in [1.54, 1.807) is 0 Å². The number of unbranched alkanes of at least 4 members (excludes halogenated alkanes) is 2. The maximum absolute atomic E-state index is 11.3. The molecule has 2 aliphatic rings. The van der Waals surface area contributed by atoms with Gasteiger partial charge in [-0.2, -0.15) is 23.5 Å². The van der Waals surface area contributed by atoms with Crippen molar-refractivity contribution in [2.24, 2.45) is 11.8 Å². The van der Waals surface area contributed by atoms with Gasteiger partial charge in [0.15, 0.2) is 0 Å². The molecular formula is C22H39NO3S2. The summed E-state index contributed by atoms with van der Waals surface area (Å²) in [5.74, 6) is 6.05. The third kappa shape index (κ3) is 8.29. The van der Waals surface area contributed by atoms with Crippen molar-refractivity contribution in [3.8, 4) is 0 Å². The molecular weight excluding hydrogens is 390 g/mol. The topological polar surface area (TPSA) is 49.8 Å². The van der Waals surface area contributed by atoms with Gasteiger partial charge in [0, 0.05) is 19.2 Å². The first-order valence-electron chi connectivity index (χ1n) is 11.0. The van der Waals surface area contributed by atoms with Crippen LogP contribution in [0.15, 0.2) is 12.2 Å². The highest BCUT2D eigenvalue weighted by atomic mass is 32.2. The number of fused-ring (bicyclic) bond motifs is 2. The molecule has 2 saturated heterocycles. The van der Waals surface area contributed by atoms with Crippen molar-refractivity contribution >= 4 is 29.4 Å². The van der Waals surface area contributed by atoms with Crippen molar-refractivity contribution in [2.45, 2.75) is 76.9 Å². The zero-order valence-corrected chi connectivity index (χ0v) is 19.3. The largest absolute Gasteiger partial charge is 0.374 e. The molecule has 0 aromatic heterocycles. The van der Waals surface area contributed by atoms with Gasteiger partial charge in [0.05, 0.1) is 12.2 Å². The number of nitrogens with zero attached hydrogens (tertiary/aromatic N) is 1. The number of thioether (sulfide) groups is 2. The van der Waals surface area contributed by atoms with Crippen molar-refractivity contribution < 1.29 is 14.7 Å². The number of hydrogen-bond donors (Lipinski definition) is 1. The second kappa shape index (κ2) is 13.9. The minimum atomic E-state index is -0.189. The number of hydroxylamine groups is 2. The highest BCUT2D eigenvalue weighted by Gasteiger charge is 2.47. The van der Waals surface area contributed by atoms with Crippen LogP contribution in [0.4, 0.5) is 0 Å². The fraction of sp³-hybridized carbons (Fsp3) is 0.864. The highest BCUT2D eigenvalue weighted by molar-refractivity contribution is 7.99. The lowest BCUT2D eigenvalue weighted by Crippen LogP contribution is -2.28. The molecule has 4 nitrogen and oxygen atoms in total. The Hall–Kier alpha value is -0.170. The zero-order chi connectivity index (χ0) is 20.2. The predicted molar refractivity (Wildman–Crippen MR) is 121 cm³/mol. The number of hydrogen-bond acceptors (Lipinski definition) is 5. The minimum absolute atomic E-state index is 0.189. The molecule has 1 amide bonds. The van der Waals surface area contributed by atoms with Gasteiger partial charge in [-0.15, -0.1) is 0 Å². The Balaban J connectivity index is 1.56. The van der Waals surface area contributed by atoms with Gasteiger partial charge in [0.1, 0.15) is 0 Å². The summed E-state index contributed by atoms with van der Waals surface area (Å²) in [5, 5.41) is 9.74. The summed E-state index contributed by atoms with van der Waals surface area (Å²) in [7, 11) is 1.40. The van der Waals surface area contributed by atoms with E-state index in [0.717, 1.165) is 36.2 Å². The van der Waals surface area contributed by atoms with Crippen molar-refractivity contribution in [3.05, 3.63) is 12.2 Å². The summed E-state index contributed by atoms with van der Waals surface area (Å²) in [6.07, 6.45) is 15.6. The Morgan fingerprint density at radius 3 is 2.39 bits per heavy atom. The van der Waals surface area contributed by atoms with Crippen LogP contribution in [0.5, 0.6) is 0 Å². The molecule has 4 atom stereocenters. The van der Waals surface area contributed by atoms with Crippen LogP contribution in [0.3, 0.4) is 0 Å². The number of ether oxygens (including phenoxy) is 1. The summed E-state index contributed by atoms with van der Waals surface area (Å²) in [4.78, 5) is 11.3. The van der Waals surface area contributed by atoms with Crippen LogP contribution >= 0.6 is 23.5 Å². The third-order valence-corrected chi connectivity index (χ3v) is 7.96. The minimum Gasteiger partial charge on any atom is -0.374 e. The molecule has 4 unspecified atom stereocenters. The van der Waals surface area contributed by atoms with E-state index in [1.807, 2.05) is 11.8 Å². The molecule has 0 radical (unpaired) electrons. The van der Waals surface area contributed by atoms with Gasteiger partial charge in [-0.05, 0) is 74.0 Å². The fourth-order valence-corrected chi connectivity index (χ4v) is 6.29. The fourth-order valence-electron chi connectivity index (χ4n) is 4.36. The summed E-state index contributed by atoms with van der Waals surface area (Å²) < 4.78 is 6.25. The molecule has 2 heterocycles. The molecule has 2 aliphatic heterocycles. The van der Waals surface area contributed by atoms with E-state index in [1.165, 1.54) is 57.1 Å². The Labute approximate surface area is 180 Å². The molecule has 0 saturated carbocycles. The van der Waals surface area contributed by atoms with Gasteiger partial charge < -0.3 is 4.74 Å². The van der Waals surface area contributed by atoms with Crippen molar-refractivity contribution in [1.82, 2.24) is 5.06 Å². The molecule has 162 valence electrons. The Morgan fingerprint density at radius 1 is 1.07 bits per heavy atom. The quantitative estimate of drug-likeness (QED) is 0.163.